The van der Waals surface area contributed by atoms with Crippen molar-refractivity contribution < 1.29 is 23.0 Å². The SMILES string of the molecule is CC(C)N1CCC(C(O)COc2ccccc2C(F)(F)F)C1. The van der Waals surface area contributed by atoms with Crippen LogP contribution < -0.4 is 4.74 Å². The Morgan fingerprint density at radius 2 is 2.00 bits per heavy atom. The molecule has 0 aliphatic carbocycles. The molecule has 124 valence electrons. The summed E-state index contributed by atoms with van der Waals surface area (Å²) in [5, 5.41) is 10.2. The van der Waals surface area contributed by atoms with E-state index < -0.39 is 17.8 Å². The molecule has 1 fully saturated rings. The number of ether oxygens (including phenoxy) is 1. The summed E-state index contributed by atoms with van der Waals surface area (Å²) in [5.41, 5.74) is -0.808. The highest BCUT2D eigenvalue weighted by Gasteiger charge is 2.35. The van der Waals surface area contributed by atoms with E-state index in [9.17, 15) is 18.3 Å². The fourth-order valence-corrected chi connectivity index (χ4v) is 2.74. The summed E-state index contributed by atoms with van der Waals surface area (Å²) in [4.78, 5) is 2.25. The van der Waals surface area contributed by atoms with Gasteiger partial charge in [-0.15, -0.1) is 0 Å². The first-order chi connectivity index (χ1) is 10.3. The Morgan fingerprint density at radius 1 is 1.32 bits per heavy atom. The second-order valence-corrected chi connectivity index (χ2v) is 6.01. The first-order valence-corrected chi connectivity index (χ1v) is 7.50. The number of hydrogen-bond donors (Lipinski definition) is 1. The molecule has 0 radical (unpaired) electrons. The molecule has 1 saturated heterocycles. The van der Waals surface area contributed by atoms with Gasteiger partial charge < -0.3 is 14.7 Å². The number of para-hydroxylation sites is 1. The largest absolute Gasteiger partial charge is 0.490 e. The lowest BCUT2D eigenvalue weighted by atomic mass is 10.0. The predicted molar refractivity (Wildman–Crippen MR) is 77.8 cm³/mol. The van der Waals surface area contributed by atoms with Crippen LogP contribution in [0.2, 0.25) is 0 Å². The Labute approximate surface area is 128 Å². The highest BCUT2D eigenvalue weighted by Crippen LogP contribution is 2.36. The maximum Gasteiger partial charge on any atom is 0.419 e. The molecule has 0 saturated carbocycles. The summed E-state index contributed by atoms with van der Waals surface area (Å²) in [6, 6.07) is 5.49. The van der Waals surface area contributed by atoms with Crippen molar-refractivity contribution in [2.24, 2.45) is 5.92 Å². The number of nitrogens with zero attached hydrogens (tertiary/aromatic N) is 1. The van der Waals surface area contributed by atoms with Crippen molar-refractivity contribution in [1.82, 2.24) is 4.90 Å². The summed E-state index contributed by atoms with van der Waals surface area (Å²) in [6.07, 6.45) is -4.38. The van der Waals surface area contributed by atoms with Gasteiger partial charge in [0.15, 0.2) is 0 Å². The molecule has 1 aliphatic heterocycles. The summed E-state index contributed by atoms with van der Waals surface area (Å²) in [6.45, 7) is 5.71. The summed E-state index contributed by atoms with van der Waals surface area (Å²) in [7, 11) is 0. The number of halogens is 3. The van der Waals surface area contributed by atoms with E-state index in [2.05, 4.69) is 18.7 Å². The van der Waals surface area contributed by atoms with Gasteiger partial charge in [-0.3, -0.25) is 0 Å². The second kappa shape index (κ2) is 6.87. The average molecular weight is 317 g/mol. The van der Waals surface area contributed by atoms with Crippen LogP contribution in [0, 0.1) is 5.92 Å². The zero-order chi connectivity index (χ0) is 16.3. The van der Waals surface area contributed by atoms with E-state index in [1.807, 2.05) is 0 Å². The van der Waals surface area contributed by atoms with Crippen molar-refractivity contribution >= 4 is 0 Å². The molecule has 1 heterocycles. The Kier molecular flexibility index (Phi) is 5.34. The van der Waals surface area contributed by atoms with E-state index in [0.717, 1.165) is 25.6 Å². The first-order valence-electron chi connectivity index (χ1n) is 7.50. The van der Waals surface area contributed by atoms with Crippen LogP contribution >= 0.6 is 0 Å². The third-order valence-corrected chi connectivity index (χ3v) is 4.13. The monoisotopic (exact) mass is 317 g/mol. The van der Waals surface area contributed by atoms with Gasteiger partial charge in [-0.2, -0.15) is 13.2 Å². The lowest BCUT2D eigenvalue weighted by molar-refractivity contribution is -0.139. The van der Waals surface area contributed by atoms with Crippen LogP contribution in [0.25, 0.3) is 0 Å². The molecule has 1 aliphatic rings. The molecule has 0 aromatic heterocycles. The minimum Gasteiger partial charge on any atom is -0.490 e. The molecule has 22 heavy (non-hydrogen) atoms. The maximum absolute atomic E-state index is 12.9. The van der Waals surface area contributed by atoms with Gasteiger partial charge in [0.2, 0.25) is 0 Å². The number of aliphatic hydroxyl groups is 1. The van der Waals surface area contributed by atoms with E-state index in [4.69, 9.17) is 4.74 Å². The van der Waals surface area contributed by atoms with Crippen molar-refractivity contribution in [1.29, 1.82) is 0 Å². The van der Waals surface area contributed by atoms with Gasteiger partial charge in [0.25, 0.3) is 0 Å². The Hall–Kier alpha value is -1.27. The lowest BCUT2D eigenvalue weighted by Crippen LogP contribution is -2.33. The fourth-order valence-electron chi connectivity index (χ4n) is 2.74. The number of benzene rings is 1. The van der Waals surface area contributed by atoms with Crippen molar-refractivity contribution in [3.63, 3.8) is 0 Å². The number of hydrogen-bond acceptors (Lipinski definition) is 3. The minimum atomic E-state index is -4.46. The van der Waals surface area contributed by atoms with Gasteiger partial charge in [0.1, 0.15) is 12.4 Å². The smallest absolute Gasteiger partial charge is 0.419 e. The molecule has 1 aromatic carbocycles. The summed E-state index contributed by atoms with van der Waals surface area (Å²) in [5.74, 6) is -0.187. The third-order valence-electron chi connectivity index (χ3n) is 4.13. The van der Waals surface area contributed by atoms with Crippen molar-refractivity contribution in [2.75, 3.05) is 19.7 Å². The zero-order valence-electron chi connectivity index (χ0n) is 12.8. The van der Waals surface area contributed by atoms with Crippen LogP contribution in [0.15, 0.2) is 24.3 Å². The van der Waals surface area contributed by atoms with Crippen LogP contribution in [0.5, 0.6) is 5.75 Å². The molecule has 0 spiro atoms. The highest BCUT2D eigenvalue weighted by atomic mass is 19.4. The zero-order valence-corrected chi connectivity index (χ0v) is 12.8. The minimum absolute atomic E-state index is 0.0421. The van der Waals surface area contributed by atoms with Gasteiger partial charge in [-0.05, 0) is 38.9 Å². The number of likely N-dealkylation sites (tertiary alicyclic amines) is 1. The predicted octanol–water partition coefficient (Wildman–Crippen LogP) is 3.18. The molecule has 1 N–H and O–H groups in total. The number of alkyl halides is 3. The second-order valence-electron chi connectivity index (χ2n) is 6.01. The average Bonchev–Trinajstić information content (AvgIpc) is 2.94. The first kappa shape index (κ1) is 17.1. The quantitative estimate of drug-likeness (QED) is 0.905. The van der Waals surface area contributed by atoms with Gasteiger partial charge in [0.05, 0.1) is 11.7 Å². The number of rotatable bonds is 5. The standard InChI is InChI=1S/C16H22F3NO2/c1-11(2)20-8-7-12(9-20)14(21)10-22-15-6-4-3-5-13(15)16(17,18)19/h3-6,11-12,14,21H,7-10H2,1-2H3. The highest BCUT2D eigenvalue weighted by molar-refractivity contribution is 5.35. The normalized spacial score (nSPS) is 21.3. The number of aliphatic hydroxyl groups excluding tert-OH is 1. The van der Waals surface area contributed by atoms with Crippen LogP contribution in [0.4, 0.5) is 13.2 Å². The Bertz CT molecular complexity index is 491. The van der Waals surface area contributed by atoms with E-state index >= 15 is 0 Å². The topological polar surface area (TPSA) is 32.7 Å². The van der Waals surface area contributed by atoms with Crippen LogP contribution in [-0.2, 0) is 6.18 Å². The third kappa shape index (κ3) is 4.14. The molecule has 0 amide bonds. The van der Waals surface area contributed by atoms with Gasteiger partial charge in [0, 0.05) is 18.5 Å². The van der Waals surface area contributed by atoms with Crippen LogP contribution in [0.1, 0.15) is 25.8 Å². The van der Waals surface area contributed by atoms with Crippen LogP contribution in [-0.4, -0.2) is 41.8 Å². The molecular weight excluding hydrogens is 295 g/mol. The molecule has 6 heteroatoms. The van der Waals surface area contributed by atoms with E-state index in [1.54, 1.807) is 0 Å². The van der Waals surface area contributed by atoms with E-state index in [1.165, 1.54) is 18.2 Å². The Balaban J connectivity index is 1.94. The van der Waals surface area contributed by atoms with Crippen molar-refractivity contribution in [3.8, 4) is 5.75 Å². The molecule has 2 unspecified atom stereocenters. The summed E-state index contributed by atoms with van der Waals surface area (Å²) >= 11 is 0. The fraction of sp³-hybridized carbons (Fsp3) is 0.625. The van der Waals surface area contributed by atoms with Crippen molar-refractivity contribution in [2.45, 2.75) is 38.6 Å². The lowest BCUT2D eigenvalue weighted by Gasteiger charge is -2.23. The van der Waals surface area contributed by atoms with Crippen molar-refractivity contribution in [3.05, 3.63) is 29.8 Å². The molecule has 2 rings (SSSR count). The molecule has 3 nitrogen and oxygen atoms in total. The molecule has 2 atom stereocenters. The molecule has 1 aromatic rings. The van der Waals surface area contributed by atoms with Gasteiger partial charge >= 0.3 is 6.18 Å². The van der Waals surface area contributed by atoms with Gasteiger partial charge in [-0.25, -0.2) is 0 Å². The maximum atomic E-state index is 12.9. The van der Waals surface area contributed by atoms with E-state index in [-0.39, 0.29) is 18.3 Å². The molecular formula is C16H22F3NO2. The molecule has 0 bridgehead atoms. The van der Waals surface area contributed by atoms with Crippen LogP contribution in [0.3, 0.4) is 0 Å². The Morgan fingerprint density at radius 3 is 2.59 bits per heavy atom. The van der Waals surface area contributed by atoms with E-state index in [0.29, 0.717) is 6.04 Å². The van der Waals surface area contributed by atoms with Gasteiger partial charge in [-0.1, -0.05) is 12.1 Å². The summed E-state index contributed by atoms with van der Waals surface area (Å²) < 4.78 is 43.8.